The third kappa shape index (κ3) is 4.91. The van der Waals surface area contributed by atoms with E-state index in [-0.39, 0.29) is 17.9 Å². The molecular weight excluding hydrogens is 300 g/mol. The van der Waals surface area contributed by atoms with Crippen molar-refractivity contribution < 1.29 is 23.5 Å². The molecule has 7 nitrogen and oxygen atoms in total. The van der Waals surface area contributed by atoms with Crippen LogP contribution in [0.3, 0.4) is 0 Å². The molecule has 1 fully saturated rings. The fraction of sp³-hybridized carbons (Fsp3) is 0.625. The molecule has 1 amide bonds. The summed E-state index contributed by atoms with van der Waals surface area (Å²) >= 11 is 0. The van der Waals surface area contributed by atoms with Gasteiger partial charge in [-0.25, -0.2) is 9.59 Å². The van der Waals surface area contributed by atoms with Crippen LogP contribution in [0.4, 0.5) is 10.7 Å². The summed E-state index contributed by atoms with van der Waals surface area (Å²) in [5.41, 5.74) is -0.497. The van der Waals surface area contributed by atoms with Crippen molar-refractivity contribution in [1.82, 2.24) is 5.32 Å². The lowest BCUT2D eigenvalue weighted by Gasteiger charge is -2.32. The lowest BCUT2D eigenvalue weighted by atomic mass is 10.1. The molecule has 1 aliphatic heterocycles. The van der Waals surface area contributed by atoms with Crippen LogP contribution in [0, 0.1) is 0 Å². The van der Waals surface area contributed by atoms with E-state index >= 15 is 0 Å². The average Bonchev–Trinajstić information content (AvgIpc) is 2.95. The molecule has 0 radical (unpaired) electrons. The Kier molecular flexibility index (Phi) is 5.18. The first-order valence-electron chi connectivity index (χ1n) is 7.71. The number of carbonyl (C=O) groups is 2. The van der Waals surface area contributed by atoms with E-state index < -0.39 is 11.6 Å². The molecule has 1 N–H and O–H groups in total. The second-order valence-electron chi connectivity index (χ2n) is 6.54. The standard InChI is InChI=1S/C16H24N2O5/c1-16(2,3)23-15(20)17-11-7-9-18(10-8-11)13-6-5-12(22-13)14(19)21-4/h5-6,11H,7-10H2,1-4H3,(H,17,20). The van der Waals surface area contributed by atoms with Gasteiger partial charge in [0.25, 0.3) is 0 Å². The molecule has 2 rings (SSSR count). The van der Waals surface area contributed by atoms with Gasteiger partial charge >= 0.3 is 12.1 Å². The molecule has 1 aliphatic rings. The number of carbonyl (C=O) groups excluding carboxylic acids is 2. The van der Waals surface area contributed by atoms with Gasteiger partial charge in [-0.05, 0) is 39.7 Å². The van der Waals surface area contributed by atoms with E-state index in [0.29, 0.717) is 5.88 Å². The number of methoxy groups -OCH3 is 1. The molecule has 1 aromatic heterocycles. The van der Waals surface area contributed by atoms with E-state index in [9.17, 15) is 9.59 Å². The molecular formula is C16H24N2O5. The Morgan fingerprint density at radius 3 is 2.48 bits per heavy atom. The highest BCUT2D eigenvalue weighted by Crippen LogP contribution is 2.23. The van der Waals surface area contributed by atoms with Gasteiger partial charge < -0.3 is 24.1 Å². The maximum Gasteiger partial charge on any atom is 0.407 e. The normalized spacial score (nSPS) is 16.1. The number of piperidine rings is 1. The molecule has 23 heavy (non-hydrogen) atoms. The molecule has 0 saturated carbocycles. The Hall–Kier alpha value is -2.18. The Morgan fingerprint density at radius 2 is 1.91 bits per heavy atom. The lowest BCUT2D eigenvalue weighted by molar-refractivity contribution is 0.0494. The van der Waals surface area contributed by atoms with Crippen molar-refractivity contribution in [3.8, 4) is 0 Å². The summed E-state index contributed by atoms with van der Waals surface area (Å²) in [6.45, 7) is 6.98. The number of nitrogens with one attached hydrogen (secondary N) is 1. The molecule has 0 spiro atoms. The van der Waals surface area contributed by atoms with Gasteiger partial charge in [0.2, 0.25) is 5.76 Å². The van der Waals surface area contributed by atoms with Crippen LogP contribution in [0.25, 0.3) is 0 Å². The number of furan rings is 1. The van der Waals surface area contributed by atoms with Crippen LogP contribution >= 0.6 is 0 Å². The first kappa shape index (κ1) is 17.2. The van der Waals surface area contributed by atoms with Gasteiger partial charge in [-0.3, -0.25) is 0 Å². The number of amides is 1. The van der Waals surface area contributed by atoms with Crippen molar-refractivity contribution >= 4 is 17.9 Å². The van der Waals surface area contributed by atoms with Crippen LogP contribution < -0.4 is 10.2 Å². The second kappa shape index (κ2) is 6.93. The smallest absolute Gasteiger partial charge is 0.407 e. The van der Waals surface area contributed by atoms with E-state index in [4.69, 9.17) is 9.15 Å². The van der Waals surface area contributed by atoms with E-state index in [1.807, 2.05) is 25.7 Å². The van der Waals surface area contributed by atoms with Crippen molar-refractivity contribution in [2.75, 3.05) is 25.1 Å². The number of rotatable bonds is 3. The number of hydrogen-bond donors (Lipinski definition) is 1. The van der Waals surface area contributed by atoms with Crippen molar-refractivity contribution in [3.63, 3.8) is 0 Å². The van der Waals surface area contributed by atoms with Crippen LogP contribution in [0.5, 0.6) is 0 Å². The summed E-state index contributed by atoms with van der Waals surface area (Å²) in [5, 5.41) is 2.89. The van der Waals surface area contributed by atoms with Crippen LogP contribution in [0.2, 0.25) is 0 Å². The Labute approximate surface area is 135 Å². The number of hydrogen-bond acceptors (Lipinski definition) is 6. The first-order valence-corrected chi connectivity index (χ1v) is 7.71. The molecule has 0 aromatic carbocycles. The maximum atomic E-state index is 11.8. The van der Waals surface area contributed by atoms with Crippen LogP contribution in [-0.4, -0.2) is 43.9 Å². The molecule has 7 heteroatoms. The monoisotopic (exact) mass is 324 g/mol. The largest absolute Gasteiger partial charge is 0.463 e. The highest BCUT2D eigenvalue weighted by molar-refractivity contribution is 5.86. The van der Waals surface area contributed by atoms with Gasteiger partial charge in [-0.1, -0.05) is 0 Å². The minimum atomic E-state index is -0.497. The zero-order valence-corrected chi connectivity index (χ0v) is 14.0. The number of ether oxygens (including phenoxy) is 2. The summed E-state index contributed by atoms with van der Waals surface area (Å²) < 4.78 is 15.4. The van der Waals surface area contributed by atoms with Gasteiger partial charge in [0.05, 0.1) is 7.11 Å². The van der Waals surface area contributed by atoms with Crippen LogP contribution in [0.15, 0.2) is 16.5 Å². The van der Waals surface area contributed by atoms with Gasteiger partial charge in [0.15, 0.2) is 5.88 Å². The fourth-order valence-corrected chi connectivity index (χ4v) is 2.43. The van der Waals surface area contributed by atoms with Gasteiger partial charge in [-0.15, -0.1) is 0 Å². The third-order valence-corrected chi connectivity index (χ3v) is 3.51. The lowest BCUT2D eigenvalue weighted by Crippen LogP contribution is -2.46. The molecule has 0 aliphatic carbocycles. The van der Waals surface area contributed by atoms with E-state index in [1.54, 1.807) is 12.1 Å². The fourth-order valence-electron chi connectivity index (χ4n) is 2.43. The number of nitrogens with zero attached hydrogens (tertiary/aromatic N) is 1. The zero-order valence-electron chi connectivity index (χ0n) is 14.0. The van der Waals surface area contributed by atoms with Crippen LogP contribution in [0.1, 0.15) is 44.2 Å². The summed E-state index contributed by atoms with van der Waals surface area (Å²) in [5.74, 6) is 0.343. The van der Waals surface area contributed by atoms with Gasteiger partial charge in [0, 0.05) is 25.2 Å². The first-order chi connectivity index (χ1) is 10.8. The molecule has 1 saturated heterocycles. The minimum absolute atomic E-state index is 0.0798. The SMILES string of the molecule is COC(=O)c1ccc(N2CCC(NC(=O)OC(C)(C)C)CC2)o1. The van der Waals surface area contributed by atoms with Crippen LogP contribution in [-0.2, 0) is 9.47 Å². The Bertz CT molecular complexity index is 553. The number of anilines is 1. The molecule has 0 bridgehead atoms. The second-order valence-corrected chi connectivity index (χ2v) is 6.54. The zero-order chi connectivity index (χ0) is 17.0. The summed E-state index contributed by atoms with van der Waals surface area (Å²) in [4.78, 5) is 25.2. The molecule has 2 heterocycles. The minimum Gasteiger partial charge on any atom is -0.463 e. The summed E-state index contributed by atoms with van der Waals surface area (Å²) in [6, 6.07) is 3.44. The van der Waals surface area contributed by atoms with E-state index in [1.165, 1.54) is 7.11 Å². The predicted octanol–water partition coefficient (Wildman–Crippen LogP) is 2.56. The van der Waals surface area contributed by atoms with E-state index in [2.05, 4.69) is 10.1 Å². The highest BCUT2D eigenvalue weighted by Gasteiger charge is 2.25. The number of alkyl carbamates (subject to hydrolysis) is 1. The van der Waals surface area contributed by atoms with Crippen molar-refractivity contribution in [2.45, 2.75) is 45.3 Å². The topological polar surface area (TPSA) is 81.0 Å². The summed E-state index contributed by atoms with van der Waals surface area (Å²) in [7, 11) is 1.32. The third-order valence-electron chi connectivity index (χ3n) is 3.51. The molecule has 128 valence electrons. The Morgan fingerprint density at radius 1 is 1.26 bits per heavy atom. The van der Waals surface area contributed by atoms with E-state index in [0.717, 1.165) is 25.9 Å². The molecule has 0 atom stereocenters. The van der Waals surface area contributed by atoms with Crippen molar-refractivity contribution in [2.24, 2.45) is 0 Å². The molecule has 0 unspecified atom stereocenters. The quantitative estimate of drug-likeness (QED) is 0.861. The molecule has 1 aromatic rings. The van der Waals surface area contributed by atoms with Crippen molar-refractivity contribution in [3.05, 3.63) is 17.9 Å². The Balaban J connectivity index is 1.83. The van der Waals surface area contributed by atoms with Gasteiger partial charge in [-0.2, -0.15) is 0 Å². The van der Waals surface area contributed by atoms with Crippen molar-refractivity contribution in [1.29, 1.82) is 0 Å². The highest BCUT2D eigenvalue weighted by atomic mass is 16.6. The average molecular weight is 324 g/mol. The maximum absolute atomic E-state index is 11.8. The summed E-state index contributed by atoms with van der Waals surface area (Å²) in [6.07, 6.45) is 1.18. The number of esters is 1. The van der Waals surface area contributed by atoms with Gasteiger partial charge in [0.1, 0.15) is 5.60 Å². The predicted molar refractivity (Wildman–Crippen MR) is 84.7 cm³/mol.